The molecule has 0 fully saturated rings. The number of nitrogens with zero attached hydrogens (tertiary/aromatic N) is 1. The molecule has 2 aromatic carbocycles. The molecule has 0 aliphatic rings. The zero-order valence-corrected chi connectivity index (χ0v) is 18.7. The maximum atomic E-state index is 12.9. The molecule has 0 saturated heterocycles. The van der Waals surface area contributed by atoms with E-state index in [1.807, 2.05) is 69.3 Å². The van der Waals surface area contributed by atoms with Crippen LogP contribution in [0.25, 0.3) is 11.1 Å². The van der Waals surface area contributed by atoms with Gasteiger partial charge in [0.25, 0.3) is 5.91 Å². The van der Waals surface area contributed by atoms with Gasteiger partial charge in [-0.1, -0.05) is 30.3 Å². The first-order chi connectivity index (χ1) is 14.3. The minimum Gasteiger partial charge on any atom is -0.497 e. The fraction of sp³-hybridized carbons (Fsp3) is 0.250. The summed E-state index contributed by atoms with van der Waals surface area (Å²) in [5.41, 5.74) is 4.83. The van der Waals surface area contributed by atoms with Crippen molar-refractivity contribution in [1.82, 2.24) is 4.90 Å². The number of anilines is 1. The summed E-state index contributed by atoms with van der Waals surface area (Å²) in [6.45, 7) is 5.88. The van der Waals surface area contributed by atoms with Gasteiger partial charge in [0.05, 0.1) is 18.5 Å². The Morgan fingerprint density at radius 2 is 1.67 bits per heavy atom. The highest BCUT2D eigenvalue weighted by molar-refractivity contribution is 7.14. The molecule has 0 atom stereocenters. The van der Waals surface area contributed by atoms with E-state index in [-0.39, 0.29) is 18.4 Å². The van der Waals surface area contributed by atoms with Crippen molar-refractivity contribution in [3.8, 4) is 16.9 Å². The molecule has 0 radical (unpaired) electrons. The van der Waals surface area contributed by atoms with Crippen LogP contribution in [0.15, 0.2) is 48.5 Å². The van der Waals surface area contributed by atoms with Gasteiger partial charge in [0.1, 0.15) is 5.75 Å². The van der Waals surface area contributed by atoms with E-state index in [1.54, 1.807) is 14.2 Å². The predicted octanol–water partition coefficient (Wildman–Crippen LogP) is 5.06. The molecule has 5 nitrogen and oxygen atoms in total. The molecule has 0 bridgehead atoms. The minimum absolute atomic E-state index is 0.0125. The Hall–Kier alpha value is -3.12. The summed E-state index contributed by atoms with van der Waals surface area (Å²) in [6, 6.07) is 15.5. The van der Waals surface area contributed by atoms with E-state index in [9.17, 15) is 9.59 Å². The van der Waals surface area contributed by atoms with E-state index in [0.717, 1.165) is 38.6 Å². The van der Waals surface area contributed by atoms with Crippen LogP contribution in [-0.2, 0) is 4.79 Å². The Morgan fingerprint density at radius 3 is 2.27 bits per heavy atom. The normalized spacial score (nSPS) is 10.6. The van der Waals surface area contributed by atoms with Crippen molar-refractivity contribution in [3.05, 3.63) is 69.4 Å². The fourth-order valence-electron chi connectivity index (χ4n) is 3.31. The number of rotatable bonds is 6. The lowest BCUT2D eigenvalue weighted by atomic mass is 10.1. The van der Waals surface area contributed by atoms with Crippen LogP contribution in [0.5, 0.6) is 5.75 Å². The summed E-state index contributed by atoms with van der Waals surface area (Å²) in [4.78, 5) is 28.5. The molecule has 0 saturated carbocycles. The number of hydrogen-bond acceptors (Lipinski definition) is 4. The van der Waals surface area contributed by atoms with Gasteiger partial charge in [0.2, 0.25) is 5.91 Å². The number of para-hydroxylation sites is 1. The summed E-state index contributed by atoms with van der Waals surface area (Å²) in [7, 11) is 3.28. The third-order valence-electron chi connectivity index (χ3n) is 5.00. The fourth-order valence-corrected chi connectivity index (χ4v) is 4.35. The van der Waals surface area contributed by atoms with Gasteiger partial charge in [-0.05, 0) is 61.2 Å². The monoisotopic (exact) mass is 422 g/mol. The molecule has 1 N–H and O–H groups in total. The van der Waals surface area contributed by atoms with Crippen LogP contribution in [-0.4, -0.2) is 37.4 Å². The van der Waals surface area contributed by atoms with Gasteiger partial charge in [-0.3, -0.25) is 9.59 Å². The number of amides is 2. The molecule has 1 heterocycles. The lowest BCUT2D eigenvalue weighted by molar-refractivity contribution is -0.116. The number of aryl methyl sites for hydroxylation is 3. The molecule has 3 rings (SSSR count). The minimum atomic E-state index is -0.216. The van der Waals surface area contributed by atoms with Gasteiger partial charge in [-0.15, -0.1) is 11.3 Å². The van der Waals surface area contributed by atoms with Gasteiger partial charge in [0.15, 0.2) is 0 Å². The maximum absolute atomic E-state index is 12.9. The van der Waals surface area contributed by atoms with Gasteiger partial charge in [-0.25, -0.2) is 0 Å². The number of hydrogen-bond donors (Lipinski definition) is 1. The highest BCUT2D eigenvalue weighted by atomic mass is 32.1. The Balaban J connectivity index is 1.70. The summed E-state index contributed by atoms with van der Waals surface area (Å²) in [5, 5.41) is 2.93. The van der Waals surface area contributed by atoms with Gasteiger partial charge in [-0.2, -0.15) is 0 Å². The van der Waals surface area contributed by atoms with E-state index in [1.165, 1.54) is 16.2 Å². The van der Waals surface area contributed by atoms with Gasteiger partial charge < -0.3 is 15.0 Å². The van der Waals surface area contributed by atoms with Crippen LogP contribution in [0.3, 0.4) is 0 Å². The van der Waals surface area contributed by atoms with E-state index in [2.05, 4.69) is 5.32 Å². The number of likely N-dealkylation sites (N-methyl/N-ethyl adjacent to an activating group) is 1. The highest BCUT2D eigenvalue weighted by Crippen LogP contribution is 2.32. The van der Waals surface area contributed by atoms with Crippen LogP contribution in [0.2, 0.25) is 0 Å². The molecule has 0 unspecified atom stereocenters. The third kappa shape index (κ3) is 4.71. The van der Waals surface area contributed by atoms with E-state index in [4.69, 9.17) is 4.74 Å². The summed E-state index contributed by atoms with van der Waals surface area (Å²) in [6.07, 6.45) is 0. The molecule has 156 valence electrons. The van der Waals surface area contributed by atoms with Crippen molar-refractivity contribution in [2.75, 3.05) is 26.0 Å². The van der Waals surface area contributed by atoms with Crippen LogP contribution in [0, 0.1) is 20.8 Å². The number of benzene rings is 2. The predicted molar refractivity (Wildman–Crippen MR) is 123 cm³/mol. The molecule has 6 heteroatoms. The average molecular weight is 423 g/mol. The van der Waals surface area contributed by atoms with Crippen LogP contribution >= 0.6 is 11.3 Å². The first-order valence-corrected chi connectivity index (χ1v) is 10.5. The Bertz CT molecular complexity index is 1050. The molecule has 3 aromatic rings. The second-order valence-electron chi connectivity index (χ2n) is 7.29. The summed E-state index contributed by atoms with van der Waals surface area (Å²) < 4.78 is 5.21. The van der Waals surface area contributed by atoms with Crippen LogP contribution in [0.4, 0.5) is 5.69 Å². The standard InChI is InChI=1S/C24H26N2O3S/c1-15-7-6-8-16(2)23(15)25-22(27)14-26(4)24(28)21-13-20(17(3)30-21)18-9-11-19(29-5)12-10-18/h6-13H,14H2,1-5H3,(H,25,27). The number of carbonyl (C=O) groups excluding carboxylic acids is 2. The molecule has 30 heavy (non-hydrogen) atoms. The molecule has 0 spiro atoms. The molecule has 2 amide bonds. The molecular weight excluding hydrogens is 396 g/mol. The van der Waals surface area contributed by atoms with Crippen LogP contribution in [0.1, 0.15) is 25.7 Å². The van der Waals surface area contributed by atoms with Crippen molar-refractivity contribution < 1.29 is 14.3 Å². The van der Waals surface area contributed by atoms with E-state index >= 15 is 0 Å². The second-order valence-corrected chi connectivity index (χ2v) is 8.54. The lowest BCUT2D eigenvalue weighted by Crippen LogP contribution is -2.34. The molecular formula is C24H26N2O3S. The Labute approximate surface area is 181 Å². The van der Waals surface area contributed by atoms with Crippen molar-refractivity contribution >= 4 is 28.8 Å². The van der Waals surface area contributed by atoms with Gasteiger partial charge >= 0.3 is 0 Å². The van der Waals surface area contributed by atoms with Gasteiger partial charge in [0, 0.05) is 17.6 Å². The second kappa shape index (κ2) is 9.13. The number of nitrogens with one attached hydrogen (secondary N) is 1. The smallest absolute Gasteiger partial charge is 0.264 e. The third-order valence-corrected chi connectivity index (χ3v) is 6.04. The Kier molecular flexibility index (Phi) is 6.57. The largest absolute Gasteiger partial charge is 0.497 e. The quantitative estimate of drug-likeness (QED) is 0.604. The van der Waals surface area contributed by atoms with Crippen LogP contribution < -0.4 is 10.1 Å². The zero-order chi connectivity index (χ0) is 21.8. The van der Waals surface area contributed by atoms with Crippen molar-refractivity contribution in [3.63, 3.8) is 0 Å². The average Bonchev–Trinajstić information content (AvgIpc) is 3.11. The SMILES string of the molecule is COc1ccc(-c2cc(C(=O)N(C)CC(=O)Nc3c(C)cccc3C)sc2C)cc1. The lowest BCUT2D eigenvalue weighted by Gasteiger charge is -2.17. The van der Waals surface area contributed by atoms with Crippen molar-refractivity contribution in [1.29, 1.82) is 0 Å². The van der Waals surface area contributed by atoms with Crippen molar-refractivity contribution in [2.45, 2.75) is 20.8 Å². The highest BCUT2D eigenvalue weighted by Gasteiger charge is 2.19. The molecule has 0 aliphatic carbocycles. The first-order valence-electron chi connectivity index (χ1n) is 9.66. The zero-order valence-electron chi connectivity index (χ0n) is 17.9. The first kappa shape index (κ1) is 21.6. The topological polar surface area (TPSA) is 58.6 Å². The summed E-state index contributed by atoms with van der Waals surface area (Å²) >= 11 is 1.44. The number of carbonyl (C=O) groups is 2. The van der Waals surface area contributed by atoms with Crippen molar-refractivity contribution in [2.24, 2.45) is 0 Å². The maximum Gasteiger partial charge on any atom is 0.264 e. The summed E-state index contributed by atoms with van der Waals surface area (Å²) in [5.74, 6) is 0.406. The molecule has 0 aliphatic heterocycles. The number of methoxy groups -OCH3 is 1. The molecule has 1 aromatic heterocycles. The van der Waals surface area contributed by atoms with E-state index in [0.29, 0.717) is 4.88 Å². The Morgan fingerprint density at radius 1 is 1.03 bits per heavy atom. The number of thiophene rings is 1. The number of ether oxygens (including phenoxy) is 1. The van der Waals surface area contributed by atoms with E-state index < -0.39 is 0 Å².